The summed E-state index contributed by atoms with van der Waals surface area (Å²) >= 11 is 0. The van der Waals surface area contributed by atoms with Crippen molar-refractivity contribution >= 4 is 0 Å². The molecule has 0 unspecified atom stereocenters. The Hall–Kier alpha value is -0.870. The Bertz CT molecular complexity index is 306. The highest BCUT2D eigenvalue weighted by Crippen LogP contribution is 2.09. The van der Waals surface area contributed by atoms with E-state index in [0.29, 0.717) is 0 Å². The summed E-state index contributed by atoms with van der Waals surface area (Å²) in [6, 6.07) is 0. The second kappa shape index (κ2) is 6.66. The van der Waals surface area contributed by atoms with E-state index in [1.165, 1.54) is 5.56 Å². The second-order valence-corrected chi connectivity index (χ2v) is 4.11. The molecule has 1 heterocycles. The summed E-state index contributed by atoms with van der Waals surface area (Å²) in [5.74, 6) is 0. The number of aryl methyl sites for hydroxylation is 2. The molecule has 0 atom stereocenters. The first-order valence-corrected chi connectivity index (χ1v) is 6.16. The summed E-state index contributed by atoms with van der Waals surface area (Å²) in [4.78, 5) is 2.41. The Morgan fingerprint density at radius 1 is 1.44 bits per heavy atom. The zero-order valence-electron chi connectivity index (χ0n) is 10.7. The SMILES string of the molecule is CCN(CCCN)Cc1cn(CC)nc1C. The van der Waals surface area contributed by atoms with Crippen LogP contribution in [0.2, 0.25) is 0 Å². The Morgan fingerprint density at radius 2 is 2.19 bits per heavy atom. The standard InChI is InChI=1S/C12H24N4/c1-4-15(8-6-7-13)9-12-10-16(5-2)14-11(12)3/h10H,4-9,13H2,1-3H3. The van der Waals surface area contributed by atoms with Crippen molar-refractivity contribution in [1.82, 2.24) is 14.7 Å². The fourth-order valence-corrected chi connectivity index (χ4v) is 1.78. The molecule has 92 valence electrons. The molecule has 0 aliphatic carbocycles. The van der Waals surface area contributed by atoms with Crippen molar-refractivity contribution in [2.45, 2.75) is 40.3 Å². The van der Waals surface area contributed by atoms with Crippen molar-refractivity contribution in [2.75, 3.05) is 19.6 Å². The minimum absolute atomic E-state index is 0.768. The van der Waals surface area contributed by atoms with Crippen molar-refractivity contribution in [3.05, 3.63) is 17.5 Å². The van der Waals surface area contributed by atoms with Gasteiger partial charge in [0.15, 0.2) is 0 Å². The lowest BCUT2D eigenvalue weighted by Crippen LogP contribution is -2.25. The molecule has 4 heteroatoms. The largest absolute Gasteiger partial charge is 0.330 e. The Balaban J connectivity index is 2.58. The van der Waals surface area contributed by atoms with Crippen LogP contribution < -0.4 is 5.73 Å². The van der Waals surface area contributed by atoms with Gasteiger partial charge in [-0.15, -0.1) is 0 Å². The minimum atomic E-state index is 0.768. The van der Waals surface area contributed by atoms with Crippen LogP contribution in [-0.2, 0) is 13.1 Å². The van der Waals surface area contributed by atoms with Gasteiger partial charge < -0.3 is 5.73 Å². The summed E-state index contributed by atoms with van der Waals surface area (Å²) in [6.07, 6.45) is 3.22. The highest BCUT2D eigenvalue weighted by Gasteiger charge is 2.08. The molecule has 1 aromatic heterocycles. The van der Waals surface area contributed by atoms with Crippen molar-refractivity contribution in [3.63, 3.8) is 0 Å². The predicted octanol–water partition coefficient (Wildman–Crippen LogP) is 1.38. The topological polar surface area (TPSA) is 47.1 Å². The maximum Gasteiger partial charge on any atom is 0.0638 e. The number of nitrogens with zero attached hydrogens (tertiary/aromatic N) is 3. The van der Waals surface area contributed by atoms with E-state index in [4.69, 9.17) is 5.73 Å². The fraction of sp³-hybridized carbons (Fsp3) is 0.750. The first-order valence-electron chi connectivity index (χ1n) is 6.16. The van der Waals surface area contributed by atoms with Crippen LogP contribution >= 0.6 is 0 Å². The maximum absolute atomic E-state index is 5.54. The molecule has 0 fully saturated rings. The van der Waals surface area contributed by atoms with Gasteiger partial charge in [0.2, 0.25) is 0 Å². The molecule has 1 rings (SSSR count). The van der Waals surface area contributed by atoms with Gasteiger partial charge in [-0.3, -0.25) is 9.58 Å². The zero-order chi connectivity index (χ0) is 12.0. The Morgan fingerprint density at radius 3 is 2.69 bits per heavy atom. The van der Waals surface area contributed by atoms with Gasteiger partial charge in [0.05, 0.1) is 5.69 Å². The summed E-state index contributed by atoms with van der Waals surface area (Å²) in [7, 11) is 0. The highest BCUT2D eigenvalue weighted by atomic mass is 15.3. The molecule has 0 spiro atoms. The molecule has 0 radical (unpaired) electrons. The predicted molar refractivity (Wildman–Crippen MR) is 67.3 cm³/mol. The highest BCUT2D eigenvalue weighted by molar-refractivity contribution is 5.15. The van der Waals surface area contributed by atoms with Crippen LogP contribution in [0.4, 0.5) is 0 Å². The normalized spacial score (nSPS) is 11.3. The van der Waals surface area contributed by atoms with E-state index in [0.717, 1.165) is 44.8 Å². The van der Waals surface area contributed by atoms with Crippen LogP contribution in [0, 0.1) is 6.92 Å². The summed E-state index contributed by atoms with van der Waals surface area (Å²) < 4.78 is 2.00. The van der Waals surface area contributed by atoms with Crippen molar-refractivity contribution in [1.29, 1.82) is 0 Å². The average molecular weight is 224 g/mol. The van der Waals surface area contributed by atoms with Crippen molar-refractivity contribution < 1.29 is 0 Å². The van der Waals surface area contributed by atoms with Crippen molar-refractivity contribution in [2.24, 2.45) is 5.73 Å². The van der Waals surface area contributed by atoms with Crippen molar-refractivity contribution in [3.8, 4) is 0 Å². The minimum Gasteiger partial charge on any atom is -0.330 e. The lowest BCUT2D eigenvalue weighted by molar-refractivity contribution is 0.277. The van der Waals surface area contributed by atoms with Gasteiger partial charge in [-0.25, -0.2) is 0 Å². The number of nitrogens with two attached hydrogens (primary N) is 1. The van der Waals surface area contributed by atoms with Crippen LogP contribution in [0.5, 0.6) is 0 Å². The lowest BCUT2D eigenvalue weighted by Gasteiger charge is -2.19. The van der Waals surface area contributed by atoms with Gasteiger partial charge in [0, 0.05) is 24.8 Å². The van der Waals surface area contributed by atoms with Gasteiger partial charge in [-0.05, 0) is 39.9 Å². The maximum atomic E-state index is 5.54. The smallest absolute Gasteiger partial charge is 0.0638 e. The molecule has 1 aromatic rings. The van der Waals surface area contributed by atoms with E-state index in [1.807, 2.05) is 4.68 Å². The number of rotatable bonds is 7. The quantitative estimate of drug-likeness (QED) is 0.761. The van der Waals surface area contributed by atoms with E-state index < -0.39 is 0 Å². The molecule has 0 saturated carbocycles. The zero-order valence-corrected chi connectivity index (χ0v) is 10.7. The van der Waals surface area contributed by atoms with Crippen LogP contribution in [0.25, 0.3) is 0 Å². The molecule has 0 aliphatic heterocycles. The Kier molecular flexibility index (Phi) is 5.49. The molecule has 4 nitrogen and oxygen atoms in total. The third-order valence-corrected chi connectivity index (χ3v) is 2.89. The van der Waals surface area contributed by atoms with Gasteiger partial charge in [-0.2, -0.15) is 5.10 Å². The first kappa shape index (κ1) is 13.2. The number of hydrogen-bond acceptors (Lipinski definition) is 3. The molecular formula is C12H24N4. The van der Waals surface area contributed by atoms with Gasteiger partial charge in [0.1, 0.15) is 0 Å². The molecule has 0 amide bonds. The summed E-state index contributed by atoms with van der Waals surface area (Å²) in [6.45, 7) is 11.2. The summed E-state index contributed by atoms with van der Waals surface area (Å²) in [5, 5.41) is 4.46. The molecule has 0 bridgehead atoms. The molecule has 0 aromatic carbocycles. The molecular weight excluding hydrogens is 200 g/mol. The first-order chi connectivity index (χ1) is 7.71. The van der Waals surface area contributed by atoms with Crippen LogP contribution in [0.1, 0.15) is 31.5 Å². The molecule has 16 heavy (non-hydrogen) atoms. The van der Waals surface area contributed by atoms with Crippen LogP contribution in [-0.4, -0.2) is 34.3 Å². The molecule has 2 N–H and O–H groups in total. The van der Waals surface area contributed by atoms with Crippen LogP contribution in [0.15, 0.2) is 6.20 Å². The fourth-order valence-electron chi connectivity index (χ4n) is 1.78. The Labute approximate surface area is 98.4 Å². The van der Waals surface area contributed by atoms with Gasteiger partial charge >= 0.3 is 0 Å². The third-order valence-electron chi connectivity index (χ3n) is 2.89. The third kappa shape index (κ3) is 3.61. The molecule has 0 saturated heterocycles. The van der Waals surface area contributed by atoms with Gasteiger partial charge in [0.25, 0.3) is 0 Å². The monoisotopic (exact) mass is 224 g/mol. The lowest BCUT2D eigenvalue weighted by atomic mass is 10.2. The van der Waals surface area contributed by atoms with E-state index in [-0.39, 0.29) is 0 Å². The number of hydrogen-bond donors (Lipinski definition) is 1. The number of aromatic nitrogens is 2. The van der Waals surface area contributed by atoms with Crippen LogP contribution in [0.3, 0.4) is 0 Å². The van der Waals surface area contributed by atoms with E-state index in [1.54, 1.807) is 0 Å². The second-order valence-electron chi connectivity index (χ2n) is 4.11. The average Bonchev–Trinajstić information content (AvgIpc) is 2.65. The van der Waals surface area contributed by atoms with Gasteiger partial charge in [-0.1, -0.05) is 6.92 Å². The summed E-state index contributed by atoms with van der Waals surface area (Å²) in [5.41, 5.74) is 8.02. The van der Waals surface area contributed by atoms with E-state index in [2.05, 4.69) is 37.0 Å². The van der Waals surface area contributed by atoms with E-state index >= 15 is 0 Å². The molecule has 0 aliphatic rings. The van der Waals surface area contributed by atoms with E-state index in [9.17, 15) is 0 Å².